The van der Waals surface area contributed by atoms with Crippen LogP contribution in [0.4, 0.5) is 11.4 Å². The van der Waals surface area contributed by atoms with Crippen molar-refractivity contribution in [2.75, 3.05) is 30.8 Å². The Morgan fingerprint density at radius 1 is 0.950 bits per heavy atom. The van der Waals surface area contributed by atoms with Crippen molar-refractivity contribution in [2.45, 2.75) is 0 Å². The molecule has 2 aromatic rings. The van der Waals surface area contributed by atoms with E-state index in [2.05, 4.69) is 10.6 Å². The van der Waals surface area contributed by atoms with Crippen molar-refractivity contribution in [3.63, 3.8) is 0 Å². The van der Waals surface area contributed by atoms with Gasteiger partial charge in [-0.2, -0.15) is 0 Å². The lowest BCUT2D eigenvalue weighted by atomic mass is 10.3. The molecule has 0 aliphatic carbocycles. The van der Waals surface area contributed by atoms with Gasteiger partial charge in [-0.3, -0.25) is 0 Å². The predicted molar refractivity (Wildman–Crippen MR) is 86.4 cm³/mol. The zero-order chi connectivity index (χ0) is 14.4. The highest BCUT2D eigenvalue weighted by molar-refractivity contribution is 6.35. The number of hydrogen-bond donors (Lipinski definition) is 2. The Balaban J connectivity index is 1.84. The van der Waals surface area contributed by atoms with Crippen molar-refractivity contribution < 1.29 is 4.74 Å². The molecule has 2 N–H and O–H groups in total. The highest BCUT2D eigenvalue weighted by atomic mass is 35.5. The number of benzene rings is 2. The second-order valence-corrected chi connectivity index (χ2v) is 5.08. The van der Waals surface area contributed by atoms with E-state index in [4.69, 9.17) is 27.9 Å². The van der Waals surface area contributed by atoms with Crippen LogP contribution in [-0.2, 0) is 0 Å². The molecule has 106 valence electrons. The Hall–Kier alpha value is -1.58. The van der Waals surface area contributed by atoms with E-state index < -0.39 is 0 Å². The van der Waals surface area contributed by atoms with Crippen molar-refractivity contribution >= 4 is 34.6 Å². The minimum atomic E-state index is 0.623. The SMILES string of the molecule is COc1ccccc1NCCNc1cc(Cl)cc(Cl)c1. The summed E-state index contributed by atoms with van der Waals surface area (Å²) in [6, 6.07) is 13.2. The van der Waals surface area contributed by atoms with Crippen LogP contribution in [0, 0.1) is 0 Å². The summed E-state index contributed by atoms with van der Waals surface area (Å²) in [4.78, 5) is 0. The Bertz CT molecular complexity index is 555. The van der Waals surface area contributed by atoms with Gasteiger partial charge in [-0.1, -0.05) is 35.3 Å². The number of hydrogen-bond acceptors (Lipinski definition) is 3. The van der Waals surface area contributed by atoms with E-state index in [-0.39, 0.29) is 0 Å². The molecule has 0 heterocycles. The van der Waals surface area contributed by atoms with Crippen molar-refractivity contribution in [3.05, 3.63) is 52.5 Å². The van der Waals surface area contributed by atoms with E-state index in [1.54, 1.807) is 13.2 Å². The fraction of sp³-hybridized carbons (Fsp3) is 0.200. The third-order valence-corrected chi connectivity index (χ3v) is 3.18. The summed E-state index contributed by atoms with van der Waals surface area (Å²) in [5.74, 6) is 0.832. The van der Waals surface area contributed by atoms with Gasteiger partial charge in [0.2, 0.25) is 0 Å². The summed E-state index contributed by atoms with van der Waals surface area (Å²) in [6.45, 7) is 1.50. The molecule has 0 unspecified atom stereocenters. The summed E-state index contributed by atoms with van der Waals surface area (Å²) in [5.41, 5.74) is 1.88. The number of para-hydroxylation sites is 2. The first-order valence-corrected chi connectivity index (χ1v) is 7.01. The number of halogens is 2. The molecule has 0 aliphatic rings. The maximum Gasteiger partial charge on any atom is 0.141 e. The molecule has 0 saturated carbocycles. The molecule has 0 aliphatic heterocycles. The Labute approximate surface area is 128 Å². The lowest BCUT2D eigenvalue weighted by molar-refractivity contribution is 0.416. The molecule has 0 radical (unpaired) electrons. The minimum absolute atomic E-state index is 0.623. The lowest BCUT2D eigenvalue weighted by Gasteiger charge is -2.12. The molecule has 0 fully saturated rings. The summed E-state index contributed by atoms with van der Waals surface area (Å²) < 4.78 is 5.27. The van der Waals surface area contributed by atoms with E-state index >= 15 is 0 Å². The molecule has 5 heteroatoms. The average molecular weight is 311 g/mol. The topological polar surface area (TPSA) is 33.3 Å². The smallest absolute Gasteiger partial charge is 0.141 e. The first-order chi connectivity index (χ1) is 9.69. The second kappa shape index (κ2) is 7.27. The van der Waals surface area contributed by atoms with E-state index in [0.717, 1.165) is 30.2 Å². The highest BCUT2D eigenvalue weighted by Crippen LogP contribution is 2.23. The van der Waals surface area contributed by atoms with Gasteiger partial charge in [0.15, 0.2) is 0 Å². The van der Waals surface area contributed by atoms with Crippen molar-refractivity contribution in [1.29, 1.82) is 0 Å². The number of anilines is 2. The molecule has 0 saturated heterocycles. The fourth-order valence-corrected chi connectivity index (χ4v) is 2.38. The summed E-state index contributed by atoms with van der Waals surface area (Å²) in [7, 11) is 1.66. The van der Waals surface area contributed by atoms with Gasteiger partial charge in [0.1, 0.15) is 5.75 Å². The van der Waals surface area contributed by atoms with Crippen LogP contribution >= 0.6 is 23.2 Å². The fourth-order valence-electron chi connectivity index (χ4n) is 1.85. The number of nitrogens with one attached hydrogen (secondary N) is 2. The van der Waals surface area contributed by atoms with Crippen LogP contribution in [-0.4, -0.2) is 20.2 Å². The summed E-state index contributed by atoms with van der Waals surface area (Å²) in [5, 5.41) is 7.82. The van der Waals surface area contributed by atoms with Crippen molar-refractivity contribution in [2.24, 2.45) is 0 Å². The third-order valence-electron chi connectivity index (χ3n) is 2.74. The van der Waals surface area contributed by atoms with E-state index in [9.17, 15) is 0 Å². The zero-order valence-corrected chi connectivity index (χ0v) is 12.6. The minimum Gasteiger partial charge on any atom is -0.495 e. The van der Waals surface area contributed by atoms with Crippen LogP contribution in [0.25, 0.3) is 0 Å². The van der Waals surface area contributed by atoms with Crippen molar-refractivity contribution in [1.82, 2.24) is 0 Å². The molecule has 0 spiro atoms. The highest BCUT2D eigenvalue weighted by Gasteiger charge is 2.00. The molecule has 2 rings (SSSR count). The van der Waals surface area contributed by atoms with Gasteiger partial charge in [0.25, 0.3) is 0 Å². The van der Waals surface area contributed by atoms with Gasteiger partial charge in [0, 0.05) is 28.8 Å². The van der Waals surface area contributed by atoms with Gasteiger partial charge >= 0.3 is 0 Å². The average Bonchev–Trinajstić information content (AvgIpc) is 2.43. The number of methoxy groups -OCH3 is 1. The third kappa shape index (κ3) is 4.22. The molecule has 0 amide bonds. The first kappa shape index (κ1) is 14.8. The summed E-state index contributed by atoms with van der Waals surface area (Å²) >= 11 is 11.9. The molecular weight excluding hydrogens is 295 g/mol. The largest absolute Gasteiger partial charge is 0.495 e. The monoisotopic (exact) mass is 310 g/mol. The molecule has 0 atom stereocenters. The molecule has 3 nitrogen and oxygen atoms in total. The Morgan fingerprint density at radius 2 is 1.60 bits per heavy atom. The Kier molecular flexibility index (Phi) is 5.39. The zero-order valence-electron chi connectivity index (χ0n) is 11.1. The van der Waals surface area contributed by atoms with Gasteiger partial charge in [0.05, 0.1) is 12.8 Å². The number of ether oxygens (including phenoxy) is 1. The summed E-state index contributed by atoms with van der Waals surface area (Å²) in [6.07, 6.45) is 0. The van der Waals surface area contributed by atoms with E-state index in [1.165, 1.54) is 0 Å². The van der Waals surface area contributed by atoms with Crippen LogP contribution < -0.4 is 15.4 Å². The van der Waals surface area contributed by atoms with Gasteiger partial charge in [-0.05, 0) is 30.3 Å². The molecule has 2 aromatic carbocycles. The van der Waals surface area contributed by atoms with E-state index in [0.29, 0.717) is 10.0 Å². The predicted octanol–water partition coefficient (Wildman–Crippen LogP) is 4.53. The standard InChI is InChI=1S/C15H16Cl2N2O/c1-20-15-5-3-2-4-14(15)19-7-6-18-13-9-11(16)8-12(17)10-13/h2-5,8-10,18-19H,6-7H2,1H3. The number of rotatable bonds is 6. The van der Waals surface area contributed by atoms with Gasteiger partial charge < -0.3 is 15.4 Å². The van der Waals surface area contributed by atoms with Gasteiger partial charge in [-0.25, -0.2) is 0 Å². The van der Waals surface area contributed by atoms with Gasteiger partial charge in [-0.15, -0.1) is 0 Å². The lowest BCUT2D eigenvalue weighted by Crippen LogP contribution is -2.14. The van der Waals surface area contributed by atoms with Crippen LogP contribution in [0.15, 0.2) is 42.5 Å². The Morgan fingerprint density at radius 3 is 2.30 bits per heavy atom. The van der Waals surface area contributed by atoms with Crippen LogP contribution in [0.2, 0.25) is 10.0 Å². The molecule has 0 aromatic heterocycles. The van der Waals surface area contributed by atoms with Crippen LogP contribution in [0.3, 0.4) is 0 Å². The van der Waals surface area contributed by atoms with Crippen molar-refractivity contribution in [3.8, 4) is 5.75 Å². The van der Waals surface area contributed by atoms with Crippen LogP contribution in [0.1, 0.15) is 0 Å². The van der Waals surface area contributed by atoms with Crippen LogP contribution in [0.5, 0.6) is 5.75 Å². The van der Waals surface area contributed by atoms with E-state index in [1.807, 2.05) is 36.4 Å². The maximum atomic E-state index is 5.94. The quantitative estimate of drug-likeness (QED) is 0.769. The normalized spacial score (nSPS) is 10.2. The maximum absolute atomic E-state index is 5.94. The first-order valence-electron chi connectivity index (χ1n) is 6.26. The molecular formula is C15H16Cl2N2O. The molecule has 0 bridgehead atoms. The molecule has 20 heavy (non-hydrogen) atoms. The second-order valence-electron chi connectivity index (χ2n) is 4.21.